The first kappa shape index (κ1) is 49.7. The van der Waals surface area contributed by atoms with Crippen LogP contribution < -0.4 is 20.5 Å². The number of piperidine rings is 2. The van der Waals surface area contributed by atoms with E-state index in [1.54, 1.807) is 6.20 Å². The minimum Gasteiger partial charge on any atom is -0.474 e. The number of hydrogen-bond donors (Lipinski definition) is 2. The van der Waals surface area contributed by atoms with Crippen LogP contribution in [0.4, 0.5) is 11.4 Å². The van der Waals surface area contributed by atoms with Gasteiger partial charge in [0, 0.05) is 82.4 Å². The lowest BCUT2D eigenvalue weighted by molar-refractivity contribution is -0.116. The highest BCUT2D eigenvalue weighted by molar-refractivity contribution is 6.40. The van der Waals surface area contributed by atoms with Crippen molar-refractivity contribution in [1.29, 1.82) is 0 Å². The number of pyridine rings is 2. The fourth-order valence-corrected chi connectivity index (χ4v) is 7.92. The number of amides is 1. The number of carbonyl (C=O) groups excluding carboxylic acids is 2. The summed E-state index contributed by atoms with van der Waals surface area (Å²) in [6, 6.07) is 19.7. The Morgan fingerprint density at radius 2 is 1.16 bits per heavy atom. The fourth-order valence-electron chi connectivity index (χ4n) is 7.92. The van der Waals surface area contributed by atoms with Crippen LogP contribution in [0.2, 0.25) is 0 Å². The van der Waals surface area contributed by atoms with Crippen molar-refractivity contribution in [2.24, 2.45) is 22.6 Å². The van der Waals surface area contributed by atoms with Gasteiger partial charge >= 0.3 is 0 Å². The number of anilines is 1. The molecule has 13 heteroatoms. The van der Waals surface area contributed by atoms with Crippen LogP contribution in [-0.4, -0.2) is 88.6 Å². The second-order valence-electron chi connectivity index (χ2n) is 17.4. The van der Waals surface area contributed by atoms with Crippen LogP contribution in [0.25, 0.3) is 0 Å². The Balaban J connectivity index is 0.000000192. The Hall–Kier alpha value is -4.35. The van der Waals surface area contributed by atoms with Gasteiger partial charge in [-0.2, -0.15) is 4.99 Å². The number of nitrogens with zero attached hydrogens (tertiary/aromatic N) is 5. The molecular formula is C50H67Cl2N7O4. The molecule has 2 aromatic carbocycles. The summed E-state index contributed by atoms with van der Waals surface area (Å²) in [5.41, 5.74) is 13.7. The number of rotatable bonds is 14. The first-order chi connectivity index (χ1) is 30.5. The molecule has 11 nitrogen and oxygen atoms in total. The zero-order valence-corrected chi connectivity index (χ0v) is 39.2. The van der Waals surface area contributed by atoms with E-state index in [2.05, 4.69) is 36.1 Å². The van der Waals surface area contributed by atoms with Crippen LogP contribution in [0.1, 0.15) is 91.2 Å². The zero-order chi connectivity index (χ0) is 45.0. The minimum atomic E-state index is 0.0262. The topological polar surface area (TPSA) is 135 Å². The summed E-state index contributed by atoms with van der Waals surface area (Å²) in [5.74, 6) is 3.40. The van der Waals surface area contributed by atoms with Crippen molar-refractivity contribution in [3.63, 3.8) is 0 Å². The fraction of sp³-hybridized carbons (Fsp3) is 0.520. The Morgan fingerprint density at radius 3 is 1.56 bits per heavy atom. The molecule has 63 heavy (non-hydrogen) atoms. The molecule has 8 rings (SSSR count). The predicted octanol–water partition coefficient (Wildman–Crippen LogP) is 10.0. The summed E-state index contributed by atoms with van der Waals surface area (Å²) in [7, 11) is 0. The van der Waals surface area contributed by atoms with Gasteiger partial charge in [0.05, 0.1) is 11.0 Å². The van der Waals surface area contributed by atoms with Gasteiger partial charge in [-0.05, 0) is 155 Å². The van der Waals surface area contributed by atoms with Crippen LogP contribution in [-0.2, 0) is 22.6 Å². The zero-order valence-electron chi connectivity index (χ0n) is 37.7. The predicted molar refractivity (Wildman–Crippen MR) is 255 cm³/mol. The van der Waals surface area contributed by atoms with Crippen molar-refractivity contribution in [3.8, 4) is 11.8 Å². The maximum Gasteiger partial charge on any atom is 0.240 e. The highest BCUT2D eigenvalue weighted by atomic mass is 35.5. The largest absolute Gasteiger partial charge is 0.474 e. The lowest BCUT2D eigenvalue weighted by atomic mass is 10.1. The van der Waals surface area contributed by atoms with E-state index >= 15 is 0 Å². The van der Waals surface area contributed by atoms with Crippen molar-refractivity contribution in [2.45, 2.75) is 111 Å². The number of nitrogens with two attached hydrogens (primary N) is 1. The Bertz CT molecular complexity index is 1980. The lowest BCUT2D eigenvalue weighted by Crippen LogP contribution is -2.39. The van der Waals surface area contributed by atoms with Gasteiger partial charge in [-0.3, -0.25) is 4.79 Å². The van der Waals surface area contributed by atoms with Crippen molar-refractivity contribution in [3.05, 3.63) is 106 Å². The second kappa shape index (κ2) is 26.4. The SMILES string of the molecule is Cc1cc(C)cc(N=C=O)c1.Cc1cc(C)cc(NC(=O)CCc2ccc(OC3CCN(CC4CC4)CC3)nc2)c1.ClCCl.NCc1ccc(OC2CCN(CC3CC3)CC2)nc1. The molecule has 4 heterocycles. The van der Waals surface area contributed by atoms with Crippen molar-refractivity contribution in [1.82, 2.24) is 19.8 Å². The quantitative estimate of drug-likeness (QED) is 0.0721. The van der Waals surface area contributed by atoms with E-state index in [9.17, 15) is 9.59 Å². The second-order valence-corrected chi connectivity index (χ2v) is 18.2. The number of hydrogen-bond acceptors (Lipinski definition) is 10. The van der Waals surface area contributed by atoms with Crippen LogP contribution >= 0.6 is 23.2 Å². The normalized spacial score (nSPS) is 16.7. The van der Waals surface area contributed by atoms with Gasteiger partial charge in [0.25, 0.3) is 0 Å². The molecule has 0 bridgehead atoms. The number of ether oxygens (including phenoxy) is 2. The standard InChI is InChI=1S/C25H33N3O2.C15H23N3O.C9H9NO.CH2Cl2/c1-18-13-19(2)15-22(14-18)27-24(29)7-5-20-6-8-25(26-16-20)30-23-9-11-28(12-10-23)17-21-3-4-21;16-9-13-3-4-15(17-10-13)19-14-5-7-18(8-6-14)11-12-1-2-12;1-7-3-8(2)5-9(4-7)10-6-11;2-1-3/h6,8,13-16,21,23H,3-5,7,9-12,17H2,1-2H3,(H,27,29);3-4,10,12,14H,1-2,5-9,11,16H2;3-5H,1-2H3;1H2. The van der Waals surface area contributed by atoms with E-state index in [1.807, 2.05) is 88.5 Å². The molecule has 2 aliphatic carbocycles. The van der Waals surface area contributed by atoms with Crippen LogP contribution in [0.5, 0.6) is 11.8 Å². The van der Waals surface area contributed by atoms with E-state index in [0.717, 1.165) is 95.6 Å². The number of isocyanates is 1. The number of benzene rings is 2. The molecule has 0 atom stereocenters. The molecule has 2 aromatic heterocycles. The molecule has 2 saturated heterocycles. The van der Waals surface area contributed by atoms with Gasteiger partial charge in [0.2, 0.25) is 23.7 Å². The van der Waals surface area contributed by atoms with E-state index in [-0.39, 0.29) is 17.4 Å². The molecule has 2 saturated carbocycles. The average molecular weight is 901 g/mol. The summed E-state index contributed by atoms with van der Waals surface area (Å²) in [5, 5.41) is 3.18. The number of carbonyl (C=O) groups is 1. The molecule has 0 spiro atoms. The lowest BCUT2D eigenvalue weighted by Gasteiger charge is -2.31. The summed E-state index contributed by atoms with van der Waals surface area (Å²) >= 11 is 9.53. The van der Waals surface area contributed by atoms with Crippen molar-refractivity contribution in [2.75, 3.05) is 49.9 Å². The molecule has 4 aliphatic rings. The Morgan fingerprint density at radius 1 is 0.714 bits per heavy atom. The third-order valence-corrected chi connectivity index (χ3v) is 11.4. The monoisotopic (exact) mass is 899 g/mol. The summed E-state index contributed by atoms with van der Waals surface area (Å²) in [4.78, 5) is 39.6. The maximum absolute atomic E-state index is 12.3. The molecule has 4 fully saturated rings. The van der Waals surface area contributed by atoms with E-state index in [0.29, 0.717) is 37.1 Å². The summed E-state index contributed by atoms with van der Waals surface area (Å²) in [6.45, 7) is 15.7. The van der Waals surface area contributed by atoms with E-state index in [1.165, 1.54) is 57.9 Å². The number of aryl methyl sites for hydroxylation is 5. The first-order valence-corrected chi connectivity index (χ1v) is 23.6. The minimum absolute atomic E-state index is 0.0262. The molecule has 3 N–H and O–H groups in total. The summed E-state index contributed by atoms with van der Waals surface area (Å²) in [6.07, 6.45) is 17.0. The smallest absolute Gasteiger partial charge is 0.240 e. The van der Waals surface area contributed by atoms with Crippen LogP contribution in [0.3, 0.4) is 0 Å². The van der Waals surface area contributed by atoms with Gasteiger partial charge < -0.3 is 30.3 Å². The molecule has 340 valence electrons. The molecule has 1 amide bonds. The number of aromatic nitrogens is 2. The Kier molecular flexibility index (Phi) is 20.8. The average Bonchev–Trinajstić information content (AvgIpc) is 4.21. The number of likely N-dealkylation sites (tertiary alicyclic amines) is 2. The van der Waals surface area contributed by atoms with Gasteiger partial charge in [-0.25, -0.2) is 14.8 Å². The van der Waals surface area contributed by atoms with Crippen molar-refractivity contribution < 1.29 is 19.1 Å². The molecule has 0 radical (unpaired) electrons. The highest BCUT2D eigenvalue weighted by Crippen LogP contribution is 2.32. The third-order valence-electron chi connectivity index (χ3n) is 11.4. The molecule has 4 aromatic rings. The van der Waals surface area contributed by atoms with Gasteiger partial charge in [0.1, 0.15) is 12.2 Å². The summed E-state index contributed by atoms with van der Waals surface area (Å²) < 4.78 is 12.0. The van der Waals surface area contributed by atoms with Gasteiger partial charge in [-0.15, -0.1) is 23.2 Å². The number of nitrogens with one attached hydrogen (secondary N) is 1. The van der Waals surface area contributed by atoms with Gasteiger partial charge in [-0.1, -0.05) is 24.3 Å². The van der Waals surface area contributed by atoms with Crippen molar-refractivity contribution >= 4 is 46.6 Å². The number of aliphatic imine (C=N–C) groups is 1. The molecule has 2 aliphatic heterocycles. The maximum atomic E-state index is 12.3. The van der Waals surface area contributed by atoms with E-state index < -0.39 is 0 Å². The highest BCUT2D eigenvalue weighted by Gasteiger charge is 2.29. The number of alkyl halides is 2. The third kappa shape index (κ3) is 19.5. The Labute approximate surface area is 385 Å². The molecular weight excluding hydrogens is 834 g/mol. The van der Waals surface area contributed by atoms with Crippen LogP contribution in [0.15, 0.2) is 78.0 Å². The number of halogens is 2. The van der Waals surface area contributed by atoms with Gasteiger partial charge in [0.15, 0.2) is 0 Å². The molecule has 0 unspecified atom stereocenters. The van der Waals surface area contributed by atoms with E-state index in [4.69, 9.17) is 38.4 Å². The van der Waals surface area contributed by atoms with Crippen LogP contribution in [0, 0.1) is 39.5 Å². The first-order valence-electron chi connectivity index (χ1n) is 22.5.